The number of ether oxygens (including phenoxy) is 2. The number of carbonyl (C=O) groups is 2. The molecule has 0 spiro atoms. The summed E-state index contributed by atoms with van der Waals surface area (Å²) in [7, 11) is 2.90. The van der Waals surface area contributed by atoms with Crippen LogP contribution < -0.4 is 0 Å². The van der Waals surface area contributed by atoms with Crippen LogP contribution in [0.1, 0.15) is 19.4 Å². The maximum Gasteiger partial charge on any atom is 0.311 e. The van der Waals surface area contributed by atoms with Gasteiger partial charge in [-0.25, -0.2) is 5.06 Å². The highest BCUT2D eigenvalue weighted by Gasteiger charge is 2.24. The minimum Gasteiger partial charge on any atom is -0.461 e. The molecular formula is C17H25NO5. The molecule has 0 heterocycles. The zero-order chi connectivity index (χ0) is 17.2. The third kappa shape index (κ3) is 6.80. The van der Waals surface area contributed by atoms with E-state index in [1.165, 1.54) is 14.2 Å². The molecule has 128 valence electrons. The number of amides is 1. The molecule has 6 nitrogen and oxygen atoms in total. The number of carbonyl (C=O) groups excluding carboxylic acids is 2. The van der Waals surface area contributed by atoms with Crippen molar-refractivity contribution in [3.63, 3.8) is 0 Å². The average molecular weight is 323 g/mol. The molecule has 1 rings (SSSR count). The van der Waals surface area contributed by atoms with Crippen molar-refractivity contribution >= 4 is 11.9 Å². The Kier molecular flexibility index (Phi) is 8.29. The highest BCUT2D eigenvalue weighted by Crippen LogP contribution is 2.15. The molecule has 0 saturated heterocycles. The molecule has 0 fully saturated rings. The van der Waals surface area contributed by atoms with Crippen LogP contribution in [0.3, 0.4) is 0 Å². The normalized spacial score (nSPS) is 12.0. The van der Waals surface area contributed by atoms with Gasteiger partial charge in [-0.05, 0) is 11.5 Å². The first-order chi connectivity index (χ1) is 11.0. The van der Waals surface area contributed by atoms with Crippen molar-refractivity contribution in [1.29, 1.82) is 0 Å². The highest BCUT2D eigenvalue weighted by atomic mass is 16.7. The maximum atomic E-state index is 12.2. The standard InChI is InChI=1S/C17H25NO5/c1-13(2)15(11-22-12-16(19)18(3)21-4)17(20)23-10-14-8-6-5-7-9-14/h5-9,13,15H,10-12H2,1-4H3/t15-/m0/s1. The second-order valence-electron chi connectivity index (χ2n) is 5.53. The van der Waals surface area contributed by atoms with E-state index in [0.29, 0.717) is 0 Å². The molecule has 1 aromatic rings. The lowest BCUT2D eigenvalue weighted by Gasteiger charge is -2.20. The van der Waals surface area contributed by atoms with Crippen molar-refractivity contribution in [2.75, 3.05) is 27.4 Å². The summed E-state index contributed by atoms with van der Waals surface area (Å²) in [5.74, 6) is -1.00. The Labute approximate surface area is 137 Å². The van der Waals surface area contributed by atoms with E-state index in [9.17, 15) is 9.59 Å². The molecule has 0 aromatic heterocycles. The van der Waals surface area contributed by atoms with Crippen LogP contribution in [0.2, 0.25) is 0 Å². The van der Waals surface area contributed by atoms with Gasteiger partial charge in [0.25, 0.3) is 5.91 Å². The Morgan fingerprint density at radius 2 is 1.83 bits per heavy atom. The maximum absolute atomic E-state index is 12.2. The number of esters is 1. The molecule has 0 unspecified atom stereocenters. The first kappa shape index (κ1) is 19.1. The Morgan fingerprint density at radius 1 is 1.17 bits per heavy atom. The third-order valence-corrected chi connectivity index (χ3v) is 3.48. The predicted octanol–water partition coefficient (Wildman–Crippen LogP) is 2.04. The van der Waals surface area contributed by atoms with Gasteiger partial charge in [0.15, 0.2) is 0 Å². The van der Waals surface area contributed by atoms with Gasteiger partial charge in [0, 0.05) is 7.05 Å². The lowest BCUT2D eigenvalue weighted by atomic mass is 9.97. The van der Waals surface area contributed by atoms with E-state index in [4.69, 9.17) is 14.3 Å². The average Bonchev–Trinajstić information content (AvgIpc) is 2.56. The summed E-state index contributed by atoms with van der Waals surface area (Å²) in [6.45, 7) is 4.06. The second kappa shape index (κ2) is 9.97. The highest BCUT2D eigenvalue weighted by molar-refractivity contribution is 5.76. The van der Waals surface area contributed by atoms with Gasteiger partial charge in [-0.3, -0.25) is 14.4 Å². The van der Waals surface area contributed by atoms with Crippen molar-refractivity contribution in [1.82, 2.24) is 5.06 Å². The zero-order valence-electron chi connectivity index (χ0n) is 14.2. The topological polar surface area (TPSA) is 65.1 Å². The van der Waals surface area contributed by atoms with E-state index < -0.39 is 5.92 Å². The minimum atomic E-state index is -0.417. The van der Waals surface area contributed by atoms with Crippen molar-refractivity contribution in [3.05, 3.63) is 35.9 Å². The van der Waals surface area contributed by atoms with Crippen LogP contribution in [0.25, 0.3) is 0 Å². The fourth-order valence-electron chi connectivity index (χ4n) is 1.83. The van der Waals surface area contributed by atoms with Crippen LogP contribution >= 0.6 is 0 Å². The van der Waals surface area contributed by atoms with Crippen LogP contribution in [0.15, 0.2) is 30.3 Å². The van der Waals surface area contributed by atoms with Gasteiger partial charge in [-0.1, -0.05) is 44.2 Å². The van der Waals surface area contributed by atoms with E-state index >= 15 is 0 Å². The summed E-state index contributed by atoms with van der Waals surface area (Å²) in [4.78, 5) is 28.5. The van der Waals surface area contributed by atoms with Crippen LogP contribution in [0.5, 0.6) is 0 Å². The van der Waals surface area contributed by atoms with Crippen LogP contribution in [0, 0.1) is 11.8 Å². The molecule has 0 bridgehead atoms. The quantitative estimate of drug-likeness (QED) is 0.514. The Hall–Kier alpha value is -1.92. The van der Waals surface area contributed by atoms with Gasteiger partial charge in [-0.2, -0.15) is 0 Å². The molecule has 0 aliphatic heterocycles. The van der Waals surface area contributed by atoms with E-state index in [1.807, 2.05) is 44.2 Å². The fraction of sp³-hybridized carbons (Fsp3) is 0.529. The minimum absolute atomic E-state index is 0.0496. The summed E-state index contributed by atoms with van der Waals surface area (Å²) in [6.07, 6.45) is 0. The Balaban J connectivity index is 2.44. The number of benzene rings is 1. The van der Waals surface area contributed by atoms with Crippen LogP contribution in [0.4, 0.5) is 0 Å². The van der Waals surface area contributed by atoms with E-state index in [0.717, 1.165) is 10.6 Å². The third-order valence-electron chi connectivity index (χ3n) is 3.48. The number of rotatable bonds is 9. The number of likely N-dealkylation sites (N-methyl/N-ethyl adjacent to an activating group) is 1. The van der Waals surface area contributed by atoms with Crippen molar-refractivity contribution in [2.24, 2.45) is 11.8 Å². The number of hydroxylamine groups is 2. The van der Waals surface area contributed by atoms with E-state index in [1.54, 1.807) is 0 Å². The largest absolute Gasteiger partial charge is 0.461 e. The van der Waals surface area contributed by atoms with Crippen molar-refractivity contribution < 1.29 is 23.9 Å². The first-order valence-corrected chi connectivity index (χ1v) is 7.54. The Bertz CT molecular complexity index is 489. The number of nitrogens with zero attached hydrogens (tertiary/aromatic N) is 1. The number of hydrogen-bond donors (Lipinski definition) is 0. The molecule has 0 aliphatic carbocycles. The van der Waals surface area contributed by atoms with Gasteiger partial charge in [0.2, 0.25) is 0 Å². The lowest BCUT2D eigenvalue weighted by molar-refractivity contribution is -0.175. The smallest absolute Gasteiger partial charge is 0.311 e. The molecule has 0 radical (unpaired) electrons. The van der Waals surface area contributed by atoms with E-state index in [-0.39, 0.29) is 37.6 Å². The second-order valence-corrected chi connectivity index (χ2v) is 5.53. The molecule has 1 aromatic carbocycles. The molecule has 0 aliphatic rings. The van der Waals surface area contributed by atoms with E-state index in [2.05, 4.69) is 0 Å². The van der Waals surface area contributed by atoms with Crippen molar-refractivity contribution in [3.8, 4) is 0 Å². The predicted molar refractivity (Wildman–Crippen MR) is 85.2 cm³/mol. The molecule has 1 atom stereocenters. The first-order valence-electron chi connectivity index (χ1n) is 7.54. The monoisotopic (exact) mass is 323 g/mol. The van der Waals surface area contributed by atoms with Gasteiger partial charge in [0.1, 0.15) is 13.2 Å². The van der Waals surface area contributed by atoms with Gasteiger partial charge in [0.05, 0.1) is 19.6 Å². The zero-order valence-corrected chi connectivity index (χ0v) is 14.2. The number of hydrogen-bond acceptors (Lipinski definition) is 5. The molecule has 0 N–H and O–H groups in total. The molecule has 6 heteroatoms. The summed E-state index contributed by atoms with van der Waals surface area (Å²) >= 11 is 0. The van der Waals surface area contributed by atoms with Crippen molar-refractivity contribution in [2.45, 2.75) is 20.5 Å². The molecule has 0 saturated carbocycles. The van der Waals surface area contributed by atoms with Crippen LogP contribution in [-0.2, 0) is 30.5 Å². The molecular weight excluding hydrogens is 298 g/mol. The van der Waals surface area contributed by atoms with Gasteiger partial charge >= 0.3 is 5.97 Å². The summed E-state index contributed by atoms with van der Waals surface area (Å²) < 4.78 is 10.7. The van der Waals surface area contributed by atoms with Gasteiger partial charge < -0.3 is 9.47 Å². The SMILES string of the molecule is CON(C)C(=O)COC[C@H](C(=O)OCc1ccccc1)C(C)C. The fourth-order valence-corrected chi connectivity index (χ4v) is 1.83. The van der Waals surface area contributed by atoms with Gasteiger partial charge in [-0.15, -0.1) is 0 Å². The molecule has 1 amide bonds. The summed E-state index contributed by atoms with van der Waals surface area (Å²) in [5.41, 5.74) is 0.932. The summed E-state index contributed by atoms with van der Waals surface area (Å²) in [6, 6.07) is 9.49. The summed E-state index contributed by atoms with van der Waals surface area (Å²) in [5, 5.41) is 1.08. The van der Waals surface area contributed by atoms with Crippen LogP contribution in [-0.4, -0.2) is 44.3 Å². The molecule has 23 heavy (non-hydrogen) atoms. The lowest BCUT2D eigenvalue weighted by Crippen LogP contribution is -2.32. The Morgan fingerprint density at radius 3 is 2.39 bits per heavy atom.